The summed E-state index contributed by atoms with van der Waals surface area (Å²) in [5.41, 5.74) is 0.682. The van der Waals surface area contributed by atoms with Gasteiger partial charge in [0.25, 0.3) is 0 Å². The fourth-order valence-electron chi connectivity index (χ4n) is 6.23. The molecule has 5 rings (SSSR count). The molecule has 3 aliphatic heterocycles. The summed E-state index contributed by atoms with van der Waals surface area (Å²) in [6.45, 7) is 2.54. The second-order valence-corrected chi connectivity index (χ2v) is 12.5. The second-order valence-electron chi connectivity index (χ2n) is 9.78. The van der Waals surface area contributed by atoms with E-state index in [1.54, 1.807) is 23.6 Å². The minimum atomic E-state index is -0.690. The van der Waals surface area contributed by atoms with E-state index >= 15 is 0 Å². The topological polar surface area (TPSA) is 95.9 Å². The number of fused-ring (bicyclic) bond motifs is 2. The molecule has 6 atom stereocenters. The van der Waals surface area contributed by atoms with Crippen molar-refractivity contribution in [3.05, 3.63) is 42.5 Å². The molecule has 2 bridgehead atoms. The minimum Gasteiger partial charge on any atom is -0.466 e. The van der Waals surface area contributed by atoms with Crippen LogP contribution in [0.25, 0.3) is 10.8 Å². The van der Waals surface area contributed by atoms with Crippen molar-refractivity contribution in [2.75, 3.05) is 25.1 Å². The van der Waals surface area contributed by atoms with Crippen molar-refractivity contribution < 1.29 is 24.2 Å². The molecular formula is C27H31BrN2O5S. The first-order valence-electron chi connectivity index (χ1n) is 12.6. The van der Waals surface area contributed by atoms with Crippen molar-refractivity contribution in [2.45, 2.75) is 53.5 Å². The third-order valence-electron chi connectivity index (χ3n) is 7.67. The summed E-state index contributed by atoms with van der Waals surface area (Å²) >= 11 is 5.36. The van der Waals surface area contributed by atoms with E-state index in [0.29, 0.717) is 31.5 Å². The first kappa shape index (κ1) is 25.5. The number of esters is 1. The largest absolute Gasteiger partial charge is 0.466 e. The summed E-state index contributed by atoms with van der Waals surface area (Å²) in [5, 5.41) is 14.3. The van der Waals surface area contributed by atoms with E-state index in [4.69, 9.17) is 4.74 Å². The number of carbonyl (C=O) groups excluding carboxylic acids is 3. The molecule has 0 saturated carbocycles. The van der Waals surface area contributed by atoms with Crippen LogP contribution in [0.3, 0.4) is 0 Å². The first-order valence-corrected chi connectivity index (χ1v) is 14.4. The fraction of sp³-hybridized carbons (Fsp3) is 0.519. The number of hydrogen-bond donors (Lipinski definition) is 2. The molecule has 1 spiro atoms. The molecule has 3 unspecified atom stereocenters. The van der Waals surface area contributed by atoms with Gasteiger partial charge in [-0.15, -0.1) is 11.8 Å². The van der Waals surface area contributed by atoms with Gasteiger partial charge in [-0.25, -0.2) is 0 Å². The number of amides is 2. The van der Waals surface area contributed by atoms with Crippen LogP contribution in [0.2, 0.25) is 0 Å². The molecule has 7 nitrogen and oxygen atoms in total. The van der Waals surface area contributed by atoms with Gasteiger partial charge >= 0.3 is 5.97 Å². The van der Waals surface area contributed by atoms with Crippen LogP contribution in [0.5, 0.6) is 0 Å². The Hall–Kier alpha value is -2.10. The lowest BCUT2D eigenvalue weighted by molar-refractivity contribution is -0.153. The van der Waals surface area contributed by atoms with Crippen LogP contribution < -0.4 is 5.32 Å². The maximum atomic E-state index is 13.9. The van der Waals surface area contributed by atoms with Crippen LogP contribution in [0.15, 0.2) is 42.5 Å². The number of unbranched alkanes of at least 4 members (excludes halogenated alkanes) is 2. The summed E-state index contributed by atoms with van der Waals surface area (Å²) in [5.74, 6) is -1.86. The van der Waals surface area contributed by atoms with Crippen molar-refractivity contribution in [2.24, 2.45) is 11.8 Å². The Balaban J connectivity index is 1.47. The number of carbonyl (C=O) groups is 3. The summed E-state index contributed by atoms with van der Waals surface area (Å²) in [4.78, 5) is 42.5. The molecule has 3 saturated heterocycles. The number of thioether (sulfide) groups is 1. The SMILES string of the molecule is CCOC(=O)[C@H]1[C@@H]2SC3(CC2Br)C(C(=O)Nc2ccc4ccccc4c2)N(CCCCCO)C(=O)[C@H]13. The lowest BCUT2D eigenvalue weighted by Crippen LogP contribution is -2.52. The average Bonchev–Trinajstić information content (AvgIpc) is 3.45. The highest BCUT2D eigenvalue weighted by Crippen LogP contribution is 2.67. The average molecular weight is 576 g/mol. The number of ether oxygens (including phenoxy) is 1. The third-order valence-corrected chi connectivity index (χ3v) is 10.9. The smallest absolute Gasteiger partial charge is 0.310 e. The van der Waals surface area contributed by atoms with E-state index in [2.05, 4.69) is 21.2 Å². The first-order chi connectivity index (χ1) is 17.4. The number of benzene rings is 2. The highest BCUT2D eigenvalue weighted by Gasteiger charge is 2.75. The molecule has 2 aromatic rings. The summed E-state index contributed by atoms with van der Waals surface area (Å²) < 4.78 is 4.70. The maximum Gasteiger partial charge on any atom is 0.310 e. The highest BCUT2D eigenvalue weighted by atomic mass is 79.9. The predicted octanol–water partition coefficient (Wildman–Crippen LogP) is 3.97. The zero-order valence-electron chi connectivity index (χ0n) is 20.2. The van der Waals surface area contributed by atoms with E-state index in [-0.39, 0.29) is 41.1 Å². The van der Waals surface area contributed by atoms with Crippen LogP contribution in [-0.4, -0.2) is 68.4 Å². The normalized spacial score (nSPS) is 30.6. The summed E-state index contributed by atoms with van der Waals surface area (Å²) in [6.07, 6.45) is 2.73. The minimum absolute atomic E-state index is 0.0197. The van der Waals surface area contributed by atoms with Crippen molar-refractivity contribution >= 4 is 61.9 Å². The number of rotatable bonds is 9. The zero-order valence-corrected chi connectivity index (χ0v) is 22.6. The molecule has 3 fully saturated rings. The Morgan fingerprint density at radius 3 is 2.72 bits per heavy atom. The molecular weight excluding hydrogens is 544 g/mol. The molecule has 2 aromatic carbocycles. The molecule has 0 radical (unpaired) electrons. The summed E-state index contributed by atoms with van der Waals surface area (Å²) in [6, 6.07) is 13.1. The van der Waals surface area contributed by atoms with Crippen LogP contribution in [0.4, 0.5) is 5.69 Å². The number of nitrogens with zero attached hydrogens (tertiary/aromatic N) is 1. The van der Waals surface area contributed by atoms with Gasteiger partial charge in [0.2, 0.25) is 11.8 Å². The molecule has 0 aromatic heterocycles. The van der Waals surface area contributed by atoms with E-state index in [1.165, 1.54) is 0 Å². The number of nitrogens with one attached hydrogen (secondary N) is 1. The molecule has 192 valence electrons. The zero-order chi connectivity index (χ0) is 25.4. The fourth-order valence-corrected chi connectivity index (χ4v) is 9.83. The molecule has 2 amide bonds. The van der Waals surface area contributed by atoms with Gasteiger partial charge in [0.05, 0.1) is 23.2 Å². The van der Waals surface area contributed by atoms with Gasteiger partial charge in [0.1, 0.15) is 6.04 Å². The van der Waals surface area contributed by atoms with Crippen molar-refractivity contribution in [3.63, 3.8) is 0 Å². The number of alkyl halides is 1. The molecule has 0 aliphatic carbocycles. The Morgan fingerprint density at radius 1 is 1.19 bits per heavy atom. The van der Waals surface area contributed by atoms with Gasteiger partial charge in [-0.1, -0.05) is 46.3 Å². The molecule has 3 aliphatic rings. The van der Waals surface area contributed by atoms with Crippen LogP contribution in [-0.2, 0) is 19.1 Å². The molecule has 9 heteroatoms. The summed E-state index contributed by atoms with van der Waals surface area (Å²) in [7, 11) is 0. The molecule has 36 heavy (non-hydrogen) atoms. The maximum absolute atomic E-state index is 13.9. The number of likely N-dealkylation sites (tertiary alicyclic amines) is 1. The number of halogens is 1. The van der Waals surface area contributed by atoms with Gasteiger partial charge in [0, 0.05) is 28.9 Å². The van der Waals surface area contributed by atoms with E-state index < -0.39 is 22.6 Å². The Labute approximate surface area is 223 Å². The quantitative estimate of drug-likeness (QED) is 0.267. The van der Waals surface area contributed by atoms with Gasteiger partial charge < -0.3 is 20.1 Å². The Morgan fingerprint density at radius 2 is 1.97 bits per heavy atom. The standard InChI is InChI=1S/C27H31BrN2O5S/c1-2-35-26(34)20-21-25(33)30(12-6-3-7-13-31)23(27(21)15-19(28)22(20)36-27)24(32)29-18-11-10-16-8-4-5-9-17(16)14-18/h4-5,8-11,14,19-23,31H,2-3,6-7,12-13,15H2,1H3,(H,29,32)/t19?,20-,21+,22-,23?,27?/m1/s1. The second kappa shape index (κ2) is 10.3. The number of aliphatic hydroxyl groups is 1. The van der Waals surface area contributed by atoms with Gasteiger partial charge in [-0.05, 0) is 55.5 Å². The number of hydrogen-bond acceptors (Lipinski definition) is 6. The van der Waals surface area contributed by atoms with Crippen LogP contribution in [0, 0.1) is 11.8 Å². The predicted molar refractivity (Wildman–Crippen MR) is 144 cm³/mol. The van der Waals surface area contributed by atoms with E-state index in [1.807, 2.05) is 42.5 Å². The van der Waals surface area contributed by atoms with Crippen molar-refractivity contribution in [1.29, 1.82) is 0 Å². The third kappa shape index (κ3) is 4.23. The van der Waals surface area contributed by atoms with Gasteiger partial charge in [0.15, 0.2) is 0 Å². The van der Waals surface area contributed by atoms with E-state index in [9.17, 15) is 19.5 Å². The van der Waals surface area contributed by atoms with Gasteiger partial charge in [-0.2, -0.15) is 0 Å². The van der Waals surface area contributed by atoms with Crippen LogP contribution in [0.1, 0.15) is 32.6 Å². The number of anilines is 1. The Kier molecular flexibility index (Phi) is 7.34. The van der Waals surface area contributed by atoms with Gasteiger partial charge in [-0.3, -0.25) is 14.4 Å². The number of aliphatic hydroxyl groups excluding tert-OH is 1. The Bertz CT molecular complexity index is 1180. The molecule has 3 heterocycles. The van der Waals surface area contributed by atoms with Crippen molar-refractivity contribution in [3.8, 4) is 0 Å². The lowest BCUT2D eigenvalue weighted by atomic mass is 9.71. The van der Waals surface area contributed by atoms with E-state index in [0.717, 1.165) is 17.2 Å². The van der Waals surface area contributed by atoms with Crippen LogP contribution >= 0.6 is 27.7 Å². The highest BCUT2D eigenvalue weighted by molar-refractivity contribution is 9.09. The van der Waals surface area contributed by atoms with Crippen molar-refractivity contribution in [1.82, 2.24) is 4.90 Å². The molecule has 2 N–H and O–H groups in total. The lowest BCUT2D eigenvalue weighted by Gasteiger charge is -2.35. The monoisotopic (exact) mass is 574 g/mol.